The molecule has 0 saturated carbocycles. The fraction of sp³-hybridized carbons (Fsp3) is 0.344. The minimum Gasteiger partial charge on any atom is -0.484 e. The van der Waals surface area contributed by atoms with Crippen LogP contribution >= 0.6 is 22.9 Å². The number of nitrogens with zero attached hydrogens (tertiary/aromatic N) is 3. The van der Waals surface area contributed by atoms with Crippen molar-refractivity contribution < 1.29 is 19.1 Å². The Kier molecular flexibility index (Phi) is 8.80. The highest BCUT2D eigenvalue weighted by molar-refractivity contribution is 7.16. The number of hydrogen-bond donors (Lipinski definition) is 2. The second-order valence-electron chi connectivity index (χ2n) is 10.9. The van der Waals surface area contributed by atoms with E-state index in [1.165, 1.54) is 16.9 Å². The first kappa shape index (κ1) is 29.4. The SMILES string of the molecule is C[C@@H](Oc1cc(-n2cnc3c2C=CC(C2=CCC(NC(=O)CN4CCOCC4)C=C2)C3)sc1C(N)=O)c1ccccc1Cl. The first-order chi connectivity index (χ1) is 20.9. The van der Waals surface area contributed by atoms with Gasteiger partial charge in [0, 0.05) is 42.1 Å². The van der Waals surface area contributed by atoms with Crippen molar-refractivity contribution in [3.8, 4) is 10.8 Å². The van der Waals surface area contributed by atoms with Crippen molar-refractivity contribution in [3.63, 3.8) is 0 Å². The van der Waals surface area contributed by atoms with Gasteiger partial charge >= 0.3 is 0 Å². The summed E-state index contributed by atoms with van der Waals surface area (Å²) in [5, 5.41) is 4.52. The molecule has 1 aliphatic heterocycles. The summed E-state index contributed by atoms with van der Waals surface area (Å²) in [7, 11) is 0. The summed E-state index contributed by atoms with van der Waals surface area (Å²) in [6.45, 7) is 5.24. The van der Waals surface area contributed by atoms with E-state index in [0.717, 1.165) is 47.9 Å². The normalized spacial score (nSPS) is 20.7. The summed E-state index contributed by atoms with van der Waals surface area (Å²) < 4.78 is 13.5. The van der Waals surface area contributed by atoms with Gasteiger partial charge in [-0.3, -0.25) is 19.1 Å². The van der Waals surface area contributed by atoms with Crippen molar-refractivity contribution in [2.75, 3.05) is 32.8 Å². The van der Waals surface area contributed by atoms with Gasteiger partial charge in [-0.15, -0.1) is 11.3 Å². The highest BCUT2D eigenvalue weighted by Crippen LogP contribution is 2.38. The predicted molar refractivity (Wildman–Crippen MR) is 168 cm³/mol. The highest BCUT2D eigenvalue weighted by atomic mass is 35.5. The molecule has 11 heteroatoms. The van der Waals surface area contributed by atoms with Crippen LogP contribution in [0.1, 0.15) is 46.1 Å². The first-order valence-corrected chi connectivity index (χ1v) is 15.6. The summed E-state index contributed by atoms with van der Waals surface area (Å²) in [5.74, 6) is 0.107. The van der Waals surface area contributed by atoms with Crippen LogP contribution in [0.4, 0.5) is 0 Å². The molecular weight excluding hydrogens is 586 g/mol. The molecule has 2 amide bonds. The molecule has 2 unspecified atom stereocenters. The third-order valence-corrected chi connectivity index (χ3v) is 9.43. The lowest BCUT2D eigenvalue weighted by molar-refractivity contribution is -0.123. The molecule has 43 heavy (non-hydrogen) atoms. The number of carbonyl (C=O) groups is 2. The molecule has 224 valence electrons. The largest absolute Gasteiger partial charge is 0.484 e. The van der Waals surface area contributed by atoms with Gasteiger partial charge in [-0.1, -0.05) is 54.1 Å². The number of benzene rings is 1. The van der Waals surface area contributed by atoms with Crippen LogP contribution in [0.3, 0.4) is 0 Å². The number of imidazole rings is 1. The number of thiophene rings is 1. The fourth-order valence-electron chi connectivity index (χ4n) is 5.65. The number of nitrogens with one attached hydrogen (secondary N) is 1. The molecule has 2 aromatic heterocycles. The second kappa shape index (κ2) is 12.9. The Morgan fingerprint density at radius 1 is 1.23 bits per heavy atom. The van der Waals surface area contributed by atoms with E-state index in [1.807, 2.05) is 41.8 Å². The number of fused-ring (bicyclic) bond motifs is 1. The van der Waals surface area contributed by atoms with E-state index in [0.29, 0.717) is 35.4 Å². The lowest BCUT2D eigenvalue weighted by atomic mass is 9.86. The maximum Gasteiger partial charge on any atom is 0.262 e. The van der Waals surface area contributed by atoms with Crippen molar-refractivity contribution >= 4 is 40.8 Å². The number of primary amides is 1. The van der Waals surface area contributed by atoms with Gasteiger partial charge in [0.1, 0.15) is 28.1 Å². The Balaban J connectivity index is 1.11. The molecule has 6 rings (SSSR count). The maximum absolute atomic E-state index is 12.5. The molecule has 0 radical (unpaired) electrons. The van der Waals surface area contributed by atoms with E-state index in [2.05, 4.69) is 40.6 Å². The number of allylic oxidation sites excluding steroid dienone is 3. The Hall–Kier alpha value is -3.70. The first-order valence-electron chi connectivity index (χ1n) is 14.4. The van der Waals surface area contributed by atoms with Crippen molar-refractivity contribution in [1.82, 2.24) is 19.8 Å². The minimum atomic E-state index is -0.547. The van der Waals surface area contributed by atoms with Crippen LogP contribution in [-0.4, -0.2) is 65.2 Å². The summed E-state index contributed by atoms with van der Waals surface area (Å²) in [6.07, 6.45) is 13.6. The van der Waals surface area contributed by atoms with Gasteiger partial charge in [-0.25, -0.2) is 4.98 Å². The number of aromatic nitrogens is 2. The van der Waals surface area contributed by atoms with Gasteiger partial charge in [0.25, 0.3) is 5.91 Å². The fourth-order valence-corrected chi connectivity index (χ4v) is 6.87. The quantitative estimate of drug-likeness (QED) is 0.359. The van der Waals surface area contributed by atoms with E-state index >= 15 is 0 Å². The number of ether oxygens (including phenoxy) is 2. The molecule has 1 aromatic carbocycles. The average Bonchev–Trinajstić information content (AvgIpc) is 3.62. The highest BCUT2D eigenvalue weighted by Gasteiger charge is 2.26. The predicted octanol–water partition coefficient (Wildman–Crippen LogP) is 4.71. The number of hydrogen-bond acceptors (Lipinski definition) is 7. The van der Waals surface area contributed by atoms with Crippen LogP contribution in [0.5, 0.6) is 5.75 Å². The molecule has 1 saturated heterocycles. The van der Waals surface area contributed by atoms with Gasteiger partial charge in [0.05, 0.1) is 37.2 Å². The van der Waals surface area contributed by atoms with Crippen LogP contribution in [0.25, 0.3) is 11.1 Å². The zero-order valence-electron chi connectivity index (χ0n) is 23.9. The van der Waals surface area contributed by atoms with E-state index in [9.17, 15) is 9.59 Å². The summed E-state index contributed by atoms with van der Waals surface area (Å²) in [6, 6.07) is 9.30. The molecule has 3 heterocycles. The van der Waals surface area contributed by atoms with Crippen LogP contribution in [0.2, 0.25) is 5.02 Å². The molecule has 3 N–H and O–H groups in total. The Bertz CT molecular complexity index is 1600. The number of morpholine rings is 1. The molecular formula is C32H34ClN5O4S. The topological polar surface area (TPSA) is 112 Å². The third kappa shape index (κ3) is 6.62. The van der Waals surface area contributed by atoms with E-state index < -0.39 is 5.91 Å². The van der Waals surface area contributed by atoms with Crippen LogP contribution in [-0.2, 0) is 16.0 Å². The summed E-state index contributed by atoms with van der Waals surface area (Å²) in [5.41, 5.74) is 9.71. The van der Waals surface area contributed by atoms with Gasteiger partial charge in [-0.05, 0) is 31.1 Å². The van der Waals surface area contributed by atoms with Crippen molar-refractivity contribution in [2.24, 2.45) is 11.7 Å². The number of rotatable bonds is 9. The molecule has 3 aromatic rings. The monoisotopic (exact) mass is 619 g/mol. The zero-order chi connectivity index (χ0) is 29.9. The van der Waals surface area contributed by atoms with Gasteiger partial charge in [-0.2, -0.15) is 0 Å². The van der Waals surface area contributed by atoms with Crippen LogP contribution in [0, 0.1) is 5.92 Å². The molecule has 2 aliphatic carbocycles. The van der Waals surface area contributed by atoms with Gasteiger partial charge < -0.3 is 20.5 Å². The van der Waals surface area contributed by atoms with Crippen molar-refractivity contribution in [2.45, 2.75) is 31.9 Å². The minimum absolute atomic E-state index is 0.00467. The molecule has 3 atom stereocenters. The van der Waals surface area contributed by atoms with E-state index in [4.69, 9.17) is 31.8 Å². The standard InChI is InChI=1S/C32H34ClN5O4S/c1-20(24-4-2-3-5-25(24)33)42-28-17-30(43-31(28)32(34)40)38-19-35-26-16-22(8-11-27(26)38)21-6-9-23(10-7-21)36-29(39)18-37-12-14-41-15-13-37/h2-9,11,17,19-20,22-23H,10,12-16,18H2,1H3,(H2,34,40)(H,36,39)/t20-,22?,23?/m1/s1. The van der Waals surface area contributed by atoms with Crippen molar-refractivity contribution in [3.05, 3.63) is 93.4 Å². The van der Waals surface area contributed by atoms with E-state index in [1.54, 1.807) is 6.33 Å². The zero-order valence-corrected chi connectivity index (χ0v) is 25.4. The Morgan fingerprint density at radius 2 is 2.05 bits per heavy atom. The Labute approximate surface area is 259 Å². The number of nitrogens with two attached hydrogens (primary N) is 1. The van der Waals surface area contributed by atoms with Crippen LogP contribution < -0.4 is 15.8 Å². The number of halogens is 1. The summed E-state index contributed by atoms with van der Waals surface area (Å²) in [4.78, 5) is 32.0. The van der Waals surface area contributed by atoms with Crippen LogP contribution in [0.15, 0.2) is 66.5 Å². The molecule has 3 aliphatic rings. The lowest BCUT2D eigenvalue weighted by Gasteiger charge is -2.27. The smallest absolute Gasteiger partial charge is 0.262 e. The third-order valence-electron chi connectivity index (χ3n) is 7.95. The maximum atomic E-state index is 12.5. The van der Waals surface area contributed by atoms with Crippen molar-refractivity contribution in [1.29, 1.82) is 0 Å². The lowest BCUT2D eigenvalue weighted by Crippen LogP contribution is -2.45. The molecule has 9 nitrogen and oxygen atoms in total. The average molecular weight is 620 g/mol. The van der Waals surface area contributed by atoms with E-state index in [-0.39, 0.29) is 24.0 Å². The number of carbonyl (C=O) groups excluding carboxylic acids is 2. The van der Waals surface area contributed by atoms with Gasteiger partial charge in [0.15, 0.2) is 0 Å². The molecule has 0 spiro atoms. The molecule has 1 fully saturated rings. The Morgan fingerprint density at radius 3 is 2.79 bits per heavy atom. The van der Waals surface area contributed by atoms with Gasteiger partial charge in [0.2, 0.25) is 5.91 Å². The summed E-state index contributed by atoms with van der Waals surface area (Å²) >= 11 is 7.64. The second-order valence-corrected chi connectivity index (χ2v) is 12.3. The number of amides is 2. The molecule has 0 bridgehead atoms.